The van der Waals surface area contributed by atoms with Gasteiger partial charge in [-0.2, -0.15) is 0 Å². The number of hydrogen-bond acceptors (Lipinski definition) is 4. The predicted molar refractivity (Wildman–Crippen MR) is 111 cm³/mol. The molecule has 1 saturated carbocycles. The third-order valence-corrected chi connectivity index (χ3v) is 12.0. The summed E-state index contributed by atoms with van der Waals surface area (Å²) in [5.74, 6) is -3.28. The molecule has 1 saturated heterocycles. The smallest absolute Gasteiger partial charge is 0.239 e. The molecule has 0 spiro atoms. The summed E-state index contributed by atoms with van der Waals surface area (Å²) in [6.45, 7) is 0. The molecule has 2 bridgehead atoms. The van der Waals surface area contributed by atoms with Gasteiger partial charge in [0.05, 0.1) is 17.5 Å². The van der Waals surface area contributed by atoms with Crippen LogP contribution in [-0.2, 0) is 19.1 Å². The number of halogens is 4. The van der Waals surface area contributed by atoms with Crippen molar-refractivity contribution in [2.75, 3.05) is 19.1 Å². The number of fused-ring (bicyclic) bond motifs is 5. The molecule has 5 nitrogen and oxygen atoms in total. The largest absolute Gasteiger partial charge is 0.350 e. The molecule has 0 radical (unpaired) electrons. The number of carbonyl (C=O) groups is 2. The van der Waals surface area contributed by atoms with Crippen molar-refractivity contribution in [2.24, 2.45) is 11.8 Å². The second kappa shape index (κ2) is 5.97. The van der Waals surface area contributed by atoms with Crippen LogP contribution in [-0.4, -0.2) is 40.5 Å². The number of amides is 2. The lowest BCUT2D eigenvalue weighted by Crippen LogP contribution is -2.59. The highest BCUT2D eigenvalue weighted by atomic mass is 79.9. The lowest BCUT2D eigenvalue weighted by Gasteiger charge is -2.43. The predicted octanol–water partition coefficient (Wildman–Crippen LogP) is 4.08. The first kappa shape index (κ1) is 19.3. The first-order chi connectivity index (χ1) is 12.2. The Morgan fingerprint density at radius 3 is 1.69 bits per heavy atom. The van der Waals surface area contributed by atoms with Crippen LogP contribution in [0, 0.1) is 11.8 Å². The van der Waals surface area contributed by atoms with Gasteiger partial charge < -0.3 is 9.47 Å². The number of methoxy groups -OCH3 is 2. The van der Waals surface area contributed by atoms with Gasteiger partial charge in [-0.1, -0.05) is 81.9 Å². The van der Waals surface area contributed by atoms with E-state index in [4.69, 9.17) is 9.47 Å². The quantitative estimate of drug-likeness (QED) is 0.293. The fourth-order valence-electron chi connectivity index (χ4n) is 4.54. The highest BCUT2D eigenvalue weighted by molar-refractivity contribution is 9.16. The number of carbonyl (C=O) groups excluding carboxylic acids is 2. The van der Waals surface area contributed by atoms with Gasteiger partial charge in [0, 0.05) is 23.2 Å². The number of imide groups is 1. The molecular formula is C17H13Br4NO4. The molecule has 1 aromatic carbocycles. The summed E-state index contributed by atoms with van der Waals surface area (Å²) in [6.07, 6.45) is 0. The van der Waals surface area contributed by atoms with Crippen LogP contribution in [0.1, 0.15) is 0 Å². The zero-order valence-corrected chi connectivity index (χ0v) is 20.0. The Bertz CT molecular complexity index is 810. The van der Waals surface area contributed by atoms with Crippen molar-refractivity contribution in [3.8, 4) is 0 Å². The third-order valence-electron chi connectivity index (χ3n) is 5.54. The zero-order valence-electron chi connectivity index (χ0n) is 13.6. The van der Waals surface area contributed by atoms with Crippen LogP contribution < -0.4 is 4.90 Å². The van der Waals surface area contributed by atoms with Crippen LogP contribution in [0.4, 0.5) is 5.69 Å². The first-order valence-electron chi connectivity index (χ1n) is 7.71. The van der Waals surface area contributed by atoms with E-state index in [1.165, 1.54) is 19.1 Å². The number of nitrogens with zero attached hydrogens (tertiary/aromatic N) is 1. The SMILES string of the molecule is COC1(OC)[C@@]2(Br)C(Br)=C(Br)[C@]1(Br)[C@@H]1C(=O)N(c3ccccc3)C(=O)[C@@H]12. The maximum Gasteiger partial charge on any atom is 0.239 e. The minimum atomic E-state index is -1.29. The van der Waals surface area contributed by atoms with E-state index in [1.54, 1.807) is 24.3 Å². The first-order valence-corrected chi connectivity index (χ1v) is 10.9. The lowest BCUT2D eigenvalue weighted by atomic mass is 9.85. The van der Waals surface area contributed by atoms with Gasteiger partial charge in [-0.25, -0.2) is 4.90 Å². The fraction of sp³-hybridized carbons (Fsp3) is 0.412. The van der Waals surface area contributed by atoms with Gasteiger partial charge in [0.2, 0.25) is 17.6 Å². The molecule has 26 heavy (non-hydrogen) atoms. The van der Waals surface area contributed by atoms with Crippen LogP contribution in [0.25, 0.3) is 0 Å². The highest BCUT2D eigenvalue weighted by Crippen LogP contribution is 2.77. The van der Waals surface area contributed by atoms with E-state index in [1.807, 2.05) is 6.07 Å². The molecule has 4 rings (SSSR count). The average Bonchev–Trinajstić information content (AvgIpc) is 3.06. The number of rotatable bonds is 3. The number of hydrogen-bond donors (Lipinski definition) is 0. The summed E-state index contributed by atoms with van der Waals surface area (Å²) in [5, 5.41) is 0. The number of alkyl halides is 2. The van der Waals surface area contributed by atoms with E-state index in [2.05, 4.69) is 63.7 Å². The van der Waals surface area contributed by atoms with Gasteiger partial charge in [-0.05, 0) is 12.1 Å². The Hall–Kier alpha value is -0.0600. The van der Waals surface area contributed by atoms with E-state index in [0.29, 0.717) is 14.7 Å². The standard InChI is InChI=1S/C17H13Br4NO4/c1-25-17(26-2)15(20)9-10(16(17,21)12(19)11(15)18)14(24)22(13(9)23)8-6-4-3-5-7-8/h3-7,9-10H,1-2H3/t9-,10+,15+,16-. The van der Waals surface area contributed by atoms with Crippen molar-refractivity contribution in [2.45, 2.75) is 14.4 Å². The van der Waals surface area contributed by atoms with Gasteiger partial charge in [0.1, 0.15) is 8.65 Å². The van der Waals surface area contributed by atoms with Crippen LogP contribution in [0.3, 0.4) is 0 Å². The Morgan fingerprint density at radius 1 is 0.885 bits per heavy atom. The number of benzene rings is 1. The number of anilines is 1. The molecular weight excluding hydrogens is 602 g/mol. The number of para-hydroxylation sites is 1. The van der Waals surface area contributed by atoms with E-state index in [0.717, 1.165) is 0 Å². The zero-order chi connectivity index (χ0) is 19.1. The number of ether oxygens (including phenoxy) is 2. The van der Waals surface area contributed by atoms with Crippen LogP contribution in [0.2, 0.25) is 0 Å². The summed E-state index contributed by atoms with van der Waals surface area (Å²) >= 11 is 14.6. The molecule has 0 aromatic heterocycles. The van der Waals surface area contributed by atoms with Crippen LogP contribution in [0.5, 0.6) is 0 Å². The Morgan fingerprint density at radius 2 is 1.31 bits per heavy atom. The Labute approximate surface area is 184 Å². The summed E-state index contributed by atoms with van der Waals surface area (Å²) in [7, 11) is 3.01. The molecule has 1 aromatic rings. The van der Waals surface area contributed by atoms with Crippen molar-refractivity contribution in [1.29, 1.82) is 0 Å². The Balaban J connectivity index is 1.95. The van der Waals surface area contributed by atoms with Crippen LogP contribution >= 0.6 is 63.7 Å². The maximum atomic E-state index is 13.4. The molecule has 9 heteroatoms. The molecule has 138 valence electrons. The van der Waals surface area contributed by atoms with E-state index in [-0.39, 0.29) is 11.8 Å². The molecule has 2 amide bonds. The molecule has 1 heterocycles. The third kappa shape index (κ3) is 1.79. The van der Waals surface area contributed by atoms with Crippen LogP contribution in [0.15, 0.2) is 39.3 Å². The molecule has 4 atom stereocenters. The average molecular weight is 615 g/mol. The highest BCUT2D eigenvalue weighted by Gasteiger charge is 2.88. The van der Waals surface area contributed by atoms with Gasteiger partial charge in [-0.3, -0.25) is 9.59 Å². The normalized spacial score (nSPS) is 37.7. The van der Waals surface area contributed by atoms with E-state index < -0.39 is 26.3 Å². The second-order valence-electron chi connectivity index (χ2n) is 6.38. The molecule has 3 aliphatic rings. The lowest BCUT2D eigenvalue weighted by molar-refractivity contribution is -0.215. The summed E-state index contributed by atoms with van der Waals surface area (Å²) in [6, 6.07) is 8.93. The van der Waals surface area contributed by atoms with Crippen molar-refractivity contribution in [3.63, 3.8) is 0 Å². The summed E-state index contributed by atoms with van der Waals surface area (Å²) in [4.78, 5) is 28.0. The van der Waals surface area contributed by atoms with Gasteiger partial charge in [0.15, 0.2) is 0 Å². The summed E-state index contributed by atoms with van der Waals surface area (Å²) < 4.78 is 10.9. The van der Waals surface area contributed by atoms with Crippen molar-refractivity contribution >= 4 is 81.2 Å². The molecule has 2 aliphatic carbocycles. The van der Waals surface area contributed by atoms with Gasteiger partial charge >= 0.3 is 0 Å². The molecule has 0 unspecified atom stereocenters. The molecule has 0 N–H and O–H groups in total. The second-order valence-corrected chi connectivity index (χ2v) is 10.5. The van der Waals surface area contributed by atoms with Crippen molar-refractivity contribution in [1.82, 2.24) is 0 Å². The van der Waals surface area contributed by atoms with Crippen molar-refractivity contribution in [3.05, 3.63) is 39.3 Å². The molecule has 1 aliphatic heterocycles. The van der Waals surface area contributed by atoms with Gasteiger partial charge in [-0.15, -0.1) is 0 Å². The van der Waals surface area contributed by atoms with E-state index in [9.17, 15) is 9.59 Å². The monoisotopic (exact) mass is 611 g/mol. The Kier molecular flexibility index (Phi) is 4.42. The topological polar surface area (TPSA) is 55.8 Å². The minimum absolute atomic E-state index is 0.292. The minimum Gasteiger partial charge on any atom is -0.350 e. The summed E-state index contributed by atoms with van der Waals surface area (Å²) in [5.41, 5.74) is 0.552. The van der Waals surface area contributed by atoms with Crippen molar-refractivity contribution < 1.29 is 19.1 Å². The van der Waals surface area contributed by atoms with Gasteiger partial charge in [0.25, 0.3) is 0 Å². The fourth-order valence-corrected chi connectivity index (χ4v) is 9.56. The maximum absolute atomic E-state index is 13.4. The van der Waals surface area contributed by atoms with E-state index >= 15 is 0 Å². The molecule has 2 fully saturated rings.